The van der Waals surface area contributed by atoms with Crippen LogP contribution in [0.5, 0.6) is 5.75 Å². The maximum Gasteiger partial charge on any atom is 0.296 e. The molecule has 0 saturated carbocycles. The molecule has 0 radical (unpaired) electrons. The van der Waals surface area contributed by atoms with E-state index in [0.29, 0.717) is 12.4 Å². The number of amides is 1. The van der Waals surface area contributed by atoms with Gasteiger partial charge in [0.1, 0.15) is 11.4 Å². The minimum atomic E-state index is -0.911. The molecule has 0 aliphatic heterocycles. The van der Waals surface area contributed by atoms with Crippen molar-refractivity contribution in [3.8, 4) is 18.1 Å². The number of terminal acetylenes is 1. The predicted octanol–water partition coefficient (Wildman–Crippen LogP) is 1.28. The number of rotatable bonds is 6. The highest BCUT2D eigenvalue weighted by molar-refractivity contribution is 5.96. The second-order valence-electron chi connectivity index (χ2n) is 3.87. The molecule has 20 heavy (non-hydrogen) atoms. The molecule has 7 heteroatoms. The van der Waals surface area contributed by atoms with Crippen molar-refractivity contribution in [3.63, 3.8) is 0 Å². The van der Waals surface area contributed by atoms with Crippen molar-refractivity contribution in [2.75, 3.05) is 11.9 Å². The monoisotopic (exact) mass is 277 g/mol. The van der Waals surface area contributed by atoms with Gasteiger partial charge in [-0.2, -0.15) is 0 Å². The molecule has 1 aromatic rings. The van der Waals surface area contributed by atoms with Gasteiger partial charge in [-0.25, -0.2) is 0 Å². The predicted molar refractivity (Wildman–Crippen MR) is 74.3 cm³/mol. The van der Waals surface area contributed by atoms with Crippen molar-refractivity contribution in [2.24, 2.45) is 5.73 Å². The minimum Gasteiger partial charge on any atom is -0.494 e. The molecule has 1 unspecified atom stereocenters. The summed E-state index contributed by atoms with van der Waals surface area (Å²) in [6.07, 6.45) is 5.11. The Labute approximate surface area is 116 Å². The van der Waals surface area contributed by atoms with Crippen LogP contribution < -0.4 is 15.8 Å². The van der Waals surface area contributed by atoms with Gasteiger partial charge in [-0.3, -0.25) is 14.9 Å². The third-order valence-electron chi connectivity index (χ3n) is 2.41. The van der Waals surface area contributed by atoms with E-state index in [1.807, 2.05) is 0 Å². The molecular weight excluding hydrogens is 262 g/mol. The summed E-state index contributed by atoms with van der Waals surface area (Å²) < 4.78 is 5.17. The minimum absolute atomic E-state index is 0.0518. The molecule has 0 aliphatic rings. The van der Waals surface area contributed by atoms with Crippen LogP contribution in [0.25, 0.3) is 0 Å². The number of hydrogen-bond acceptors (Lipinski definition) is 5. The van der Waals surface area contributed by atoms with Crippen molar-refractivity contribution in [1.29, 1.82) is 0 Å². The Hall–Kier alpha value is -2.59. The summed E-state index contributed by atoms with van der Waals surface area (Å²) in [5, 5.41) is 13.4. The second kappa shape index (κ2) is 7.11. The molecule has 1 aromatic carbocycles. The Morgan fingerprint density at radius 2 is 2.35 bits per heavy atom. The topological polar surface area (TPSA) is 107 Å². The third kappa shape index (κ3) is 3.96. The molecule has 0 fully saturated rings. The van der Waals surface area contributed by atoms with Crippen LogP contribution in [-0.4, -0.2) is 23.5 Å². The molecule has 0 bridgehead atoms. The number of ether oxygens (including phenoxy) is 1. The Balaban J connectivity index is 2.97. The number of anilines is 1. The molecule has 0 spiro atoms. The van der Waals surface area contributed by atoms with Gasteiger partial charge in [0.05, 0.1) is 23.6 Å². The zero-order valence-corrected chi connectivity index (χ0v) is 11.0. The quantitative estimate of drug-likeness (QED) is 0.462. The fourth-order valence-corrected chi connectivity index (χ4v) is 1.47. The first-order valence-corrected chi connectivity index (χ1v) is 5.90. The van der Waals surface area contributed by atoms with Crippen LogP contribution in [0.1, 0.15) is 13.3 Å². The Kier molecular flexibility index (Phi) is 5.50. The largest absolute Gasteiger partial charge is 0.494 e. The zero-order chi connectivity index (χ0) is 15.1. The molecule has 106 valence electrons. The normalized spacial score (nSPS) is 11.2. The van der Waals surface area contributed by atoms with Crippen molar-refractivity contribution in [3.05, 3.63) is 28.3 Å². The van der Waals surface area contributed by atoms with E-state index >= 15 is 0 Å². The molecule has 0 aliphatic carbocycles. The number of hydrogen-bond donors (Lipinski definition) is 2. The summed E-state index contributed by atoms with van der Waals surface area (Å²) in [5.41, 5.74) is 5.32. The van der Waals surface area contributed by atoms with Gasteiger partial charge in [0.25, 0.3) is 5.69 Å². The zero-order valence-electron chi connectivity index (χ0n) is 11.0. The van der Waals surface area contributed by atoms with Crippen molar-refractivity contribution >= 4 is 17.3 Å². The molecule has 0 saturated heterocycles. The summed E-state index contributed by atoms with van der Waals surface area (Å²) in [4.78, 5) is 22.1. The van der Waals surface area contributed by atoms with E-state index in [4.69, 9.17) is 16.9 Å². The maximum absolute atomic E-state index is 11.7. The highest BCUT2D eigenvalue weighted by Crippen LogP contribution is 2.29. The van der Waals surface area contributed by atoms with Crippen LogP contribution in [0.4, 0.5) is 11.4 Å². The van der Waals surface area contributed by atoms with Gasteiger partial charge in [-0.1, -0.05) is 0 Å². The van der Waals surface area contributed by atoms with Crippen LogP contribution in [0, 0.1) is 22.5 Å². The fourth-order valence-electron chi connectivity index (χ4n) is 1.47. The summed E-state index contributed by atoms with van der Waals surface area (Å²) >= 11 is 0. The number of nitrogens with two attached hydrogens (primary N) is 1. The van der Waals surface area contributed by atoms with Gasteiger partial charge >= 0.3 is 0 Å². The lowest BCUT2D eigenvalue weighted by Gasteiger charge is -2.11. The van der Waals surface area contributed by atoms with E-state index in [0.717, 1.165) is 0 Å². The summed E-state index contributed by atoms with van der Waals surface area (Å²) in [7, 11) is 0. The van der Waals surface area contributed by atoms with E-state index in [1.165, 1.54) is 18.2 Å². The lowest BCUT2D eigenvalue weighted by Crippen LogP contribution is -2.35. The summed E-state index contributed by atoms with van der Waals surface area (Å²) in [5.74, 6) is 2.04. The summed E-state index contributed by atoms with van der Waals surface area (Å²) in [6, 6.07) is 3.25. The number of nitro benzene ring substituents is 1. The second-order valence-corrected chi connectivity index (χ2v) is 3.87. The first kappa shape index (κ1) is 15.5. The van der Waals surface area contributed by atoms with E-state index in [-0.39, 0.29) is 17.8 Å². The fraction of sp³-hybridized carbons (Fsp3) is 0.308. The summed E-state index contributed by atoms with van der Waals surface area (Å²) in [6.45, 7) is 2.15. The smallest absolute Gasteiger partial charge is 0.296 e. The number of nitro groups is 1. The molecular formula is C13H15N3O4. The van der Waals surface area contributed by atoms with Crippen LogP contribution >= 0.6 is 0 Å². The molecule has 0 aromatic heterocycles. The van der Waals surface area contributed by atoms with Crippen LogP contribution in [0.15, 0.2) is 18.2 Å². The van der Waals surface area contributed by atoms with E-state index in [2.05, 4.69) is 11.2 Å². The van der Waals surface area contributed by atoms with Crippen molar-refractivity contribution in [2.45, 2.75) is 19.4 Å². The number of nitrogens with one attached hydrogen (secondary N) is 1. The van der Waals surface area contributed by atoms with Gasteiger partial charge in [-0.15, -0.1) is 12.3 Å². The van der Waals surface area contributed by atoms with Crippen LogP contribution in [0.2, 0.25) is 0 Å². The molecule has 0 heterocycles. The number of carbonyl (C=O) groups is 1. The van der Waals surface area contributed by atoms with Crippen LogP contribution in [-0.2, 0) is 4.79 Å². The third-order valence-corrected chi connectivity index (χ3v) is 2.41. The highest BCUT2D eigenvalue weighted by atomic mass is 16.6. The van der Waals surface area contributed by atoms with Gasteiger partial charge in [0.2, 0.25) is 5.91 Å². The lowest BCUT2D eigenvalue weighted by molar-refractivity contribution is -0.384. The first-order valence-electron chi connectivity index (χ1n) is 5.90. The molecule has 1 amide bonds. The van der Waals surface area contributed by atoms with E-state index in [9.17, 15) is 14.9 Å². The molecule has 7 nitrogen and oxygen atoms in total. The van der Waals surface area contributed by atoms with Crippen molar-refractivity contribution < 1.29 is 14.5 Å². The molecule has 1 rings (SSSR count). The van der Waals surface area contributed by atoms with Crippen molar-refractivity contribution in [1.82, 2.24) is 0 Å². The highest BCUT2D eigenvalue weighted by Gasteiger charge is 2.20. The maximum atomic E-state index is 11.7. The van der Waals surface area contributed by atoms with Gasteiger partial charge in [-0.05, 0) is 19.1 Å². The average molecular weight is 277 g/mol. The Morgan fingerprint density at radius 1 is 1.65 bits per heavy atom. The number of carbonyl (C=O) groups excluding carboxylic acids is 1. The first-order chi connectivity index (χ1) is 9.49. The average Bonchev–Trinajstić information content (AvgIpc) is 2.40. The number of nitrogens with zero attached hydrogens (tertiary/aromatic N) is 1. The Morgan fingerprint density at radius 3 is 2.90 bits per heavy atom. The van der Waals surface area contributed by atoms with Gasteiger partial charge < -0.3 is 15.8 Å². The SMILES string of the molecule is C#CCC(N)C(=O)Nc1ccc(OCC)cc1[N+](=O)[O-]. The van der Waals surface area contributed by atoms with E-state index in [1.54, 1.807) is 6.92 Å². The lowest BCUT2D eigenvalue weighted by atomic mass is 10.2. The molecule has 1 atom stereocenters. The van der Waals surface area contributed by atoms with Crippen LogP contribution in [0.3, 0.4) is 0 Å². The Bertz CT molecular complexity index is 551. The van der Waals surface area contributed by atoms with Gasteiger partial charge in [0.15, 0.2) is 0 Å². The molecule has 3 N–H and O–H groups in total. The number of benzene rings is 1. The standard InChI is InChI=1S/C13H15N3O4/c1-3-5-10(14)13(17)15-11-7-6-9(20-4-2)8-12(11)16(18)19/h1,6-8,10H,4-5,14H2,2H3,(H,15,17). The van der Waals surface area contributed by atoms with E-state index < -0.39 is 16.9 Å². The van der Waals surface area contributed by atoms with Gasteiger partial charge in [0, 0.05) is 6.42 Å².